The predicted octanol–water partition coefficient (Wildman–Crippen LogP) is -3.71. The first-order valence-corrected chi connectivity index (χ1v) is 8.38. The molecule has 0 spiro atoms. The molecule has 0 aromatic rings. The van der Waals surface area contributed by atoms with Gasteiger partial charge in [0.2, 0.25) is 6.67 Å². The van der Waals surface area contributed by atoms with Crippen molar-refractivity contribution in [2.75, 3.05) is 57.7 Å². The number of alkyl halides is 2. The van der Waals surface area contributed by atoms with E-state index in [1.165, 1.54) is 41.8 Å². The first kappa shape index (κ1) is 20.4. The number of aliphatic hydroxyl groups is 2. The Bertz CT molecular complexity index is 391. The molecule has 2 rings (SSSR count). The van der Waals surface area contributed by atoms with Crippen LogP contribution in [0.4, 0.5) is 0 Å². The molecular weight excluding hydrogens is 351 g/mol. The minimum Gasteiger partial charge on any atom is -0.547 e. The van der Waals surface area contributed by atoms with E-state index in [1.54, 1.807) is 0 Å². The highest BCUT2D eigenvalue weighted by Crippen LogP contribution is 2.31. The van der Waals surface area contributed by atoms with Gasteiger partial charge in [0.05, 0.1) is 36.8 Å². The molecule has 23 heavy (non-hydrogen) atoms. The van der Waals surface area contributed by atoms with Crippen molar-refractivity contribution in [3.63, 3.8) is 0 Å². The van der Waals surface area contributed by atoms with Crippen molar-refractivity contribution in [1.29, 1.82) is 0 Å². The molecule has 2 fully saturated rings. The summed E-state index contributed by atoms with van der Waals surface area (Å²) >= 11 is 11.7. The summed E-state index contributed by atoms with van der Waals surface area (Å²) < 4.78 is 2.53. The highest BCUT2D eigenvalue weighted by atomic mass is 35.5. The molecule has 0 aromatic heterocycles. The molecule has 8 nitrogen and oxygen atoms in total. The zero-order valence-corrected chi connectivity index (χ0v) is 14.2. The summed E-state index contributed by atoms with van der Waals surface area (Å²) in [6, 6.07) is 0. The number of hydrogen-bond donors (Lipinski definition) is 2. The van der Waals surface area contributed by atoms with Gasteiger partial charge in [-0.15, -0.1) is 23.2 Å². The lowest BCUT2D eigenvalue weighted by Gasteiger charge is -2.26. The van der Waals surface area contributed by atoms with Crippen LogP contribution in [-0.2, 0) is 9.59 Å². The zero-order chi connectivity index (χ0) is 17.7. The second-order valence-corrected chi connectivity index (χ2v) is 6.83. The average Bonchev–Trinajstić information content (AvgIpc) is 3.02. The van der Waals surface area contributed by atoms with Crippen molar-refractivity contribution in [1.82, 2.24) is 0 Å². The molecule has 10 heteroatoms. The zero-order valence-electron chi connectivity index (χ0n) is 12.7. The Morgan fingerprint density at radius 1 is 0.870 bits per heavy atom. The van der Waals surface area contributed by atoms with E-state index in [1.807, 2.05) is 0 Å². The van der Waals surface area contributed by atoms with Crippen LogP contribution in [0.3, 0.4) is 0 Å². The number of rotatable bonds is 7. The molecule has 0 aromatic carbocycles. The number of quaternary nitrogens is 2. The van der Waals surface area contributed by atoms with E-state index in [9.17, 15) is 19.8 Å². The number of fused-ring (bicyclic) bond motifs is 2. The highest BCUT2D eigenvalue weighted by molar-refractivity contribution is 6.18. The van der Waals surface area contributed by atoms with Crippen LogP contribution in [0.2, 0.25) is 0 Å². The number of aliphatic hydroxyl groups excluding tert-OH is 2. The maximum Gasteiger partial charge on any atom is 0.208 e. The number of carbonyl (C=O) groups is 2. The topological polar surface area (TPSA) is 121 Å². The molecule has 0 unspecified atom stereocenters. The number of halogens is 2. The van der Waals surface area contributed by atoms with E-state index in [2.05, 4.69) is 0 Å². The SMILES string of the molecule is ClCC[N+]12CC[N+](CCCl)(CC1)C2.O=C([O-])[C@H](O)[C@@H](O)C(=O)[O-]. The van der Waals surface area contributed by atoms with Crippen molar-refractivity contribution in [2.24, 2.45) is 0 Å². The molecular formula is C13H22Cl2N2O6. The second-order valence-electron chi connectivity index (χ2n) is 6.07. The normalized spacial score (nSPS) is 31.1. The number of carboxylic acids is 2. The molecule has 0 aliphatic carbocycles. The van der Waals surface area contributed by atoms with Crippen LogP contribution in [0.5, 0.6) is 0 Å². The molecule has 2 aliphatic rings. The Kier molecular flexibility index (Phi) is 7.50. The van der Waals surface area contributed by atoms with E-state index in [4.69, 9.17) is 33.4 Å². The fourth-order valence-electron chi connectivity index (χ4n) is 3.20. The summed E-state index contributed by atoms with van der Waals surface area (Å²) in [5.41, 5.74) is 0. The highest BCUT2D eigenvalue weighted by Gasteiger charge is 2.54. The van der Waals surface area contributed by atoms with E-state index in [0.717, 1.165) is 24.8 Å². The quantitative estimate of drug-likeness (QED) is 0.350. The van der Waals surface area contributed by atoms with Gasteiger partial charge in [0.15, 0.2) is 0 Å². The fraction of sp³-hybridized carbons (Fsp3) is 0.846. The average molecular weight is 373 g/mol. The molecule has 2 aliphatic heterocycles. The minimum atomic E-state index is -2.44. The molecule has 2 bridgehead atoms. The number of nitrogens with zero attached hydrogens (tertiary/aromatic N) is 2. The fourth-order valence-corrected chi connectivity index (χ4v) is 3.91. The van der Waals surface area contributed by atoms with Gasteiger partial charge < -0.3 is 30.0 Å². The minimum absolute atomic E-state index is 0.806. The second kappa shape index (κ2) is 8.46. The van der Waals surface area contributed by atoms with Gasteiger partial charge >= 0.3 is 0 Å². The summed E-state index contributed by atoms with van der Waals surface area (Å²) in [5, 5.41) is 35.7. The Labute approximate surface area is 144 Å². The maximum absolute atomic E-state index is 9.63. The summed E-state index contributed by atoms with van der Waals surface area (Å²) in [6.45, 7) is 8.90. The third-order valence-corrected chi connectivity index (χ3v) is 4.94. The van der Waals surface area contributed by atoms with Crippen molar-refractivity contribution < 1.29 is 39.0 Å². The van der Waals surface area contributed by atoms with Crippen molar-refractivity contribution in [3.8, 4) is 0 Å². The lowest BCUT2D eigenvalue weighted by atomic mass is 10.2. The largest absolute Gasteiger partial charge is 0.547 e. The van der Waals surface area contributed by atoms with Crippen LogP contribution >= 0.6 is 23.2 Å². The first-order valence-electron chi connectivity index (χ1n) is 7.31. The summed E-state index contributed by atoms with van der Waals surface area (Å²) in [7, 11) is 0. The Morgan fingerprint density at radius 3 is 1.39 bits per heavy atom. The van der Waals surface area contributed by atoms with Gasteiger partial charge in [-0.05, 0) is 0 Å². The van der Waals surface area contributed by atoms with Crippen molar-refractivity contribution in [2.45, 2.75) is 12.2 Å². The van der Waals surface area contributed by atoms with E-state index >= 15 is 0 Å². The van der Waals surface area contributed by atoms with Crippen LogP contribution in [0.25, 0.3) is 0 Å². The van der Waals surface area contributed by atoms with Gasteiger partial charge in [-0.1, -0.05) is 0 Å². The van der Waals surface area contributed by atoms with Crippen molar-refractivity contribution in [3.05, 3.63) is 0 Å². The van der Waals surface area contributed by atoms with Gasteiger partial charge in [-0.25, -0.2) is 0 Å². The molecule has 2 N–H and O–H groups in total. The smallest absolute Gasteiger partial charge is 0.208 e. The van der Waals surface area contributed by atoms with Crippen LogP contribution in [0, 0.1) is 0 Å². The molecule has 0 saturated carbocycles. The summed E-state index contributed by atoms with van der Waals surface area (Å²) in [6.07, 6.45) is -4.88. The molecule has 0 radical (unpaired) electrons. The third-order valence-electron chi connectivity index (χ3n) is 4.60. The number of aliphatic carboxylic acids is 2. The predicted molar refractivity (Wildman–Crippen MR) is 78.1 cm³/mol. The van der Waals surface area contributed by atoms with E-state index < -0.39 is 24.1 Å². The summed E-state index contributed by atoms with van der Waals surface area (Å²) in [5.74, 6) is -2.50. The molecule has 2 saturated heterocycles. The Morgan fingerprint density at radius 2 is 1.17 bits per heavy atom. The van der Waals surface area contributed by atoms with Crippen LogP contribution < -0.4 is 10.2 Å². The standard InChI is InChI=1S/C9H18Cl2N2.C4H6O6/c10-1-3-12-5-7-13(9-12,4-2-11)8-6-12;5-1(3(7)8)2(6)4(9)10/h1-9H2;1-2,5-6H,(H,7,8)(H,9,10)/q+2;/p-2/t;1-,2-/m.1/s1. The van der Waals surface area contributed by atoms with Gasteiger partial charge in [0, 0.05) is 0 Å². The van der Waals surface area contributed by atoms with Gasteiger partial charge in [-0.3, -0.25) is 8.97 Å². The lowest BCUT2D eigenvalue weighted by molar-refractivity contribution is -0.985. The molecule has 2 heterocycles. The van der Waals surface area contributed by atoms with Crippen LogP contribution in [0.15, 0.2) is 0 Å². The molecule has 2 atom stereocenters. The number of piperazine rings is 1. The molecule has 134 valence electrons. The third kappa shape index (κ3) is 5.17. The maximum atomic E-state index is 9.63. The van der Waals surface area contributed by atoms with Crippen LogP contribution in [-0.4, -0.2) is 101 Å². The van der Waals surface area contributed by atoms with E-state index in [0.29, 0.717) is 0 Å². The monoisotopic (exact) mass is 372 g/mol. The van der Waals surface area contributed by atoms with Gasteiger partial charge in [0.1, 0.15) is 38.4 Å². The lowest BCUT2D eigenvalue weighted by Crippen LogP contribution is -2.51. The van der Waals surface area contributed by atoms with Gasteiger partial charge in [-0.2, -0.15) is 0 Å². The molecule has 0 amide bonds. The number of carbonyl (C=O) groups excluding carboxylic acids is 2. The van der Waals surface area contributed by atoms with Crippen LogP contribution in [0.1, 0.15) is 0 Å². The summed E-state index contributed by atoms with van der Waals surface area (Å²) in [4.78, 5) is 19.3. The van der Waals surface area contributed by atoms with Crippen molar-refractivity contribution >= 4 is 35.1 Å². The van der Waals surface area contributed by atoms with E-state index in [-0.39, 0.29) is 0 Å². The number of carboxylic acid groups (broad SMARTS) is 2. The first-order chi connectivity index (χ1) is 10.7. The Balaban J connectivity index is 0.000000241. The van der Waals surface area contributed by atoms with Gasteiger partial charge in [0.25, 0.3) is 0 Å². The number of hydrogen-bond acceptors (Lipinski definition) is 6. The Hall–Kier alpha value is -0.640.